The van der Waals surface area contributed by atoms with E-state index in [9.17, 15) is 9.90 Å². The lowest BCUT2D eigenvalue weighted by Gasteiger charge is -2.34. The summed E-state index contributed by atoms with van der Waals surface area (Å²) in [5, 5.41) is 9.89. The number of phenols is 1. The minimum Gasteiger partial charge on any atom is -0.507 e. The van der Waals surface area contributed by atoms with Gasteiger partial charge in [-0.2, -0.15) is 0 Å². The molecule has 104 valence electrons. The van der Waals surface area contributed by atoms with Gasteiger partial charge in [0.25, 0.3) is 5.91 Å². The molecule has 1 heterocycles. The Bertz CT molecular complexity index is 460. The minimum atomic E-state index is -0.0419. The van der Waals surface area contributed by atoms with Crippen molar-refractivity contribution < 1.29 is 9.90 Å². The number of piperidine rings is 1. The Morgan fingerprint density at radius 3 is 2.47 bits per heavy atom. The van der Waals surface area contributed by atoms with E-state index in [1.165, 1.54) is 0 Å². The first kappa shape index (κ1) is 13.9. The minimum absolute atomic E-state index is 0.0419. The maximum atomic E-state index is 12.4. The van der Waals surface area contributed by atoms with Crippen LogP contribution >= 0.6 is 0 Å². The molecule has 1 fully saturated rings. The van der Waals surface area contributed by atoms with Crippen molar-refractivity contribution in [2.75, 3.05) is 13.1 Å². The summed E-state index contributed by atoms with van der Waals surface area (Å²) in [5.41, 5.74) is 1.39. The van der Waals surface area contributed by atoms with Gasteiger partial charge in [0, 0.05) is 13.1 Å². The van der Waals surface area contributed by atoms with Gasteiger partial charge >= 0.3 is 0 Å². The van der Waals surface area contributed by atoms with E-state index < -0.39 is 0 Å². The van der Waals surface area contributed by atoms with E-state index in [2.05, 4.69) is 13.8 Å². The molecule has 1 N–H and O–H groups in total. The van der Waals surface area contributed by atoms with E-state index in [-0.39, 0.29) is 11.7 Å². The van der Waals surface area contributed by atoms with Gasteiger partial charge in [-0.1, -0.05) is 19.9 Å². The summed E-state index contributed by atoms with van der Waals surface area (Å²) in [6.07, 6.45) is 2.13. The van der Waals surface area contributed by atoms with Crippen LogP contribution in [-0.4, -0.2) is 29.0 Å². The molecule has 0 spiro atoms. The van der Waals surface area contributed by atoms with Crippen molar-refractivity contribution in [3.05, 3.63) is 29.3 Å². The average Bonchev–Trinajstić information content (AvgIpc) is 2.38. The van der Waals surface area contributed by atoms with Crippen molar-refractivity contribution in [2.45, 2.75) is 33.6 Å². The quantitative estimate of drug-likeness (QED) is 0.888. The monoisotopic (exact) mass is 261 g/mol. The molecule has 1 saturated heterocycles. The number of hydrogen-bond acceptors (Lipinski definition) is 2. The van der Waals surface area contributed by atoms with E-state index in [1.54, 1.807) is 12.1 Å². The third-order valence-electron chi connectivity index (χ3n) is 4.15. The zero-order chi connectivity index (χ0) is 14.0. The number of aromatic hydroxyl groups is 1. The van der Waals surface area contributed by atoms with Crippen LogP contribution in [0, 0.1) is 18.8 Å². The van der Waals surface area contributed by atoms with Crippen LogP contribution in [-0.2, 0) is 0 Å². The summed E-state index contributed by atoms with van der Waals surface area (Å²) >= 11 is 0. The van der Waals surface area contributed by atoms with Gasteiger partial charge in [0.15, 0.2) is 0 Å². The first-order valence-electron chi connectivity index (χ1n) is 7.08. The van der Waals surface area contributed by atoms with E-state index in [4.69, 9.17) is 0 Å². The molecule has 1 aliphatic heterocycles. The molecule has 2 rings (SSSR count). The molecule has 0 aromatic heterocycles. The third kappa shape index (κ3) is 3.09. The van der Waals surface area contributed by atoms with Gasteiger partial charge < -0.3 is 10.0 Å². The molecule has 0 bridgehead atoms. The second kappa shape index (κ2) is 5.64. The van der Waals surface area contributed by atoms with Crippen LogP contribution in [0.15, 0.2) is 18.2 Å². The van der Waals surface area contributed by atoms with E-state index in [0.29, 0.717) is 11.5 Å². The topological polar surface area (TPSA) is 40.5 Å². The number of amides is 1. The van der Waals surface area contributed by atoms with Gasteiger partial charge in [0.05, 0.1) is 5.56 Å². The summed E-state index contributed by atoms with van der Waals surface area (Å²) in [6, 6.07) is 5.24. The van der Waals surface area contributed by atoms with Crippen molar-refractivity contribution in [2.24, 2.45) is 11.8 Å². The molecule has 0 unspecified atom stereocenters. The van der Waals surface area contributed by atoms with Crippen molar-refractivity contribution >= 4 is 5.91 Å². The molecule has 0 aliphatic carbocycles. The summed E-state index contributed by atoms with van der Waals surface area (Å²) in [5.74, 6) is 1.45. The van der Waals surface area contributed by atoms with Gasteiger partial charge in [-0.25, -0.2) is 0 Å². The first-order chi connectivity index (χ1) is 8.99. The predicted octanol–water partition coefficient (Wildman–Crippen LogP) is 3.21. The molecule has 1 aromatic carbocycles. The number of aryl methyl sites for hydroxylation is 1. The summed E-state index contributed by atoms with van der Waals surface area (Å²) in [6.45, 7) is 7.99. The Hall–Kier alpha value is -1.51. The highest BCUT2D eigenvalue weighted by Crippen LogP contribution is 2.27. The lowest BCUT2D eigenvalue weighted by atomic mass is 9.86. The zero-order valence-electron chi connectivity index (χ0n) is 12.0. The van der Waals surface area contributed by atoms with Crippen LogP contribution in [0.3, 0.4) is 0 Å². The highest BCUT2D eigenvalue weighted by atomic mass is 16.3. The molecule has 0 saturated carbocycles. The van der Waals surface area contributed by atoms with Crippen LogP contribution in [0.2, 0.25) is 0 Å². The standard InChI is InChI=1S/C16H23NO2/c1-11(2)13-6-8-17(9-7-13)16(19)14-5-4-12(3)10-15(14)18/h4-5,10-11,13,18H,6-9H2,1-3H3. The zero-order valence-corrected chi connectivity index (χ0v) is 12.0. The largest absolute Gasteiger partial charge is 0.507 e. The fourth-order valence-corrected chi connectivity index (χ4v) is 2.76. The number of rotatable bonds is 2. The van der Waals surface area contributed by atoms with Gasteiger partial charge in [0.1, 0.15) is 5.75 Å². The maximum Gasteiger partial charge on any atom is 0.257 e. The second-order valence-corrected chi connectivity index (χ2v) is 5.89. The van der Waals surface area contributed by atoms with E-state index in [0.717, 1.165) is 37.4 Å². The lowest BCUT2D eigenvalue weighted by molar-refractivity contribution is 0.0665. The van der Waals surface area contributed by atoms with Crippen LogP contribution in [0.1, 0.15) is 42.6 Å². The highest BCUT2D eigenvalue weighted by Gasteiger charge is 2.26. The summed E-state index contributed by atoms with van der Waals surface area (Å²) in [7, 11) is 0. The van der Waals surface area contributed by atoms with Crippen LogP contribution in [0.4, 0.5) is 0 Å². The van der Waals surface area contributed by atoms with Gasteiger partial charge in [-0.15, -0.1) is 0 Å². The molecule has 0 atom stereocenters. The smallest absolute Gasteiger partial charge is 0.257 e. The number of benzene rings is 1. The fraction of sp³-hybridized carbons (Fsp3) is 0.562. The number of nitrogens with zero attached hydrogens (tertiary/aromatic N) is 1. The van der Waals surface area contributed by atoms with Crippen LogP contribution in [0.25, 0.3) is 0 Å². The Balaban J connectivity index is 2.05. The van der Waals surface area contributed by atoms with Gasteiger partial charge in [-0.3, -0.25) is 4.79 Å². The normalized spacial score (nSPS) is 16.9. The number of carbonyl (C=O) groups is 1. The maximum absolute atomic E-state index is 12.4. The Labute approximate surface area is 115 Å². The Morgan fingerprint density at radius 1 is 1.32 bits per heavy atom. The van der Waals surface area contributed by atoms with Gasteiger partial charge in [-0.05, 0) is 49.3 Å². The van der Waals surface area contributed by atoms with Crippen LogP contribution < -0.4 is 0 Å². The SMILES string of the molecule is Cc1ccc(C(=O)N2CCC(C(C)C)CC2)c(O)c1. The van der Waals surface area contributed by atoms with Crippen molar-refractivity contribution in [1.29, 1.82) is 0 Å². The number of phenolic OH excluding ortho intramolecular Hbond substituents is 1. The lowest BCUT2D eigenvalue weighted by Crippen LogP contribution is -2.39. The van der Waals surface area contributed by atoms with Crippen molar-refractivity contribution in [1.82, 2.24) is 4.90 Å². The molecule has 3 heteroatoms. The van der Waals surface area contributed by atoms with E-state index in [1.807, 2.05) is 17.9 Å². The van der Waals surface area contributed by atoms with Gasteiger partial charge in [0.2, 0.25) is 0 Å². The molecular formula is C16H23NO2. The molecule has 1 aromatic rings. The van der Waals surface area contributed by atoms with E-state index >= 15 is 0 Å². The summed E-state index contributed by atoms with van der Waals surface area (Å²) in [4.78, 5) is 14.2. The number of hydrogen-bond donors (Lipinski definition) is 1. The molecule has 0 radical (unpaired) electrons. The summed E-state index contributed by atoms with van der Waals surface area (Å²) < 4.78 is 0. The second-order valence-electron chi connectivity index (χ2n) is 5.89. The Kier molecular flexibility index (Phi) is 4.13. The fourth-order valence-electron chi connectivity index (χ4n) is 2.76. The average molecular weight is 261 g/mol. The molecule has 1 amide bonds. The van der Waals surface area contributed by atoms with Crippen molar-refractivity contribution in [3.8, 4) is 5.75 Å². The van der Waals surface area contributed by atoms with Crippen molar-refractivity contribution in [3.63, 3.8) is 0 Å². The Morgan fingerprint density at radius 2 is 1.95 bits per heavy atom. The predicted molar refractivity (Wildman–Crippen MR) is 76.3 cm³/mol. The molecule has 1 aliphatic rings. The molecule has 3 nitrogen and oxygen atoms in total. The molecule has 19 heavy (non-hydrogen) atoms. The first-order valence-corrected chi connectivity index (χ1v) is 7.08. The number of carbonyl (C=O) groups excluding carboxylic acids is 1. The van der Waals surface area contributed by atoms with Crippen LogP contribution in [0.5, 0.6) is 5.75 Å². The third-order valence-corrected chi connectivity index (χ3v) is 4.15. The highest BCUT2D eigenvalue weighted by molar-refractivity contribution is 5.96. The number of likely N-dealkylation sites (tertiary alicyclic amines) is 1. The molecular weight excluding hydrogens is 238 g/mol.